The van der Waals surface area contributed by atoms with Crippen LogP contribution in [0.4, 0.5) is 10.5 Å². The van der Waals surface area contributed by atoms with Crippen molar-refractivity contribution >= 4 is 17.6 Å². The molecule has 0 atom stereocenters. The summed E-state index contributed by atoms with van der Waals surface area (Å²) in [5.74, 6) is 0.0250. The summed E-state index contributed by atoms with van der Waals surface area (Å²) in [4.78, 5) is 11.7. The van der Waals surface area contributed by atoms with Gasteiger partial charge in [0.05, 0.1) is 0 Å². The Kier molecular flexibility index (Phi) is 3.82. The molecule has 0 heterocycles. The normalized spacial score (nSPS) is 15.3. The van der Waals surface area contributed by atoms with Gasteiger partial charge in [-0.3, -0.25) is 5.41 Å². The van der Waals surface area contributed by atoms with Crippen LogP contribution in [0.3, 0.4) is 0 Å². The average molecular weight is 246 g/mol. The molecule has 5 nitrogen and oxygen atoms in total. The Morgan fingerprint density at radius 3 is 2.39 bits per heavy atom. The minimum Gasteiger partial charge on any atom is -0.384 e. The van der Waals surface area contributed by atoms with Crippen LogP contribution in [0.1, 0.15) is 31.2 Å². The van der Waals surface area contributed by atoms with Crippen molar-refractivity contribution in [3.8, 4) is 0 Å². The lowest BCUT2D eigenvalue weighted by molar-refractivity contribution is 0.248. The van der Waals surface area contributed by atoms with Gasteiger partial charge in [-0.2, -0.15) is 0 Å². The van der Waals surface area contributed by atoms with E-state index in [1.54, 1.807) is 24.3 Å². The molecule has 0 radical (unpaired) electrons. The fourth-order valence-corrected chi connectivity index (χ4v) is 2.16. The molecular weight excluding hydrogens is 228 g/mol. The Labute approximate surface area is 106 Å². The summed E-state index contributed by atoms with van der Waals surface area (Å²) in [5, 5.41) is 13.0. The van der Waals surface area contributed by atoms with E-state index in [4.69, 9.17) is 11.1 Å². The number of hydrogen-bond donors (Lipinski definition) is 4. The minimum absolute atomic E-state index is 0.0250. The zero-order chi connectivity index (χ0) is 13.0. The van der Waals surface area contributed by atoms with Gasteiger partial charge in [0.2, 0.25) is 0 Å². The molecule has 96 valence electrons. The summed E-state index contributed by atoms with van der Waals surface area (Å²) >= 11 is 0. The van der Waals surface area contributed by atoms with Crippen molar-refractivity contribution in [1.29, 1.82) is 5.41 Å². The molecule has 0 bridgehead atoms. The summed E-state index contributed by atoms with van der Waals surface area (Å²) in [5.41, 5.74) is 6.71. The van der Waals surface area contributed by atoms with E-state index in [2.05, 4.69) is 10.6 Å². The third-order valence-electron chi connectivity index (χ3n) is 3.14. The number of nitrogen functional groups attached to an aromatic ring is 1. The second-order valence-electron chi connectivity index (χ2n) is 4.57. The van der Waals surface area contributed by atoms with Gasteiger partial charge >= 0.3 is 6.03 Å². The van der Waals surface area contributed by atoms with E-state index in [0.29, 0.717) is 17.3 Å². The number of amides is 2. The molecule has 1 aliphatic carbocycles. The molecule has 1 aromatic carbocycles. The maximum atomic E-state index is 11.7. The maximum Gasteiger partial charge on any atom is 0.319 e. The Balaban J connectivity index is 1.88. The summed E-state index contributed by atoms with van der Waals surface area (Å²) in [6, 6.07) is 7.05. The van der Waals surface area contributed by atoms with E-state index < -0.39 is 0 Å². The van der Waals surface area contributed by atoms with E-state index in [-0.39, 0.29) is 11.9 Å². The zero-order valence-corrected chi connectivity index (χ0v) is 10.2. The molecule has 2 rings (SSSR count). The lowest BCUT2D eigenvalue weighted by Crippen LogP contribution is -2.36. The lowest BCUT2D eigenvalue weighted by Gasteiger charge is -2.13. The summed E-state index contributed by atoms with van der Waals surface area (Å²) in [6.07, 6.45) is 4.52. The number of urea groups is 1. The summed E-state index contributed by atoms with van der Waals surface area (Å²) < 4.78 is 0. The fraction of sp³-hybridized carbons (Fsp3) is 0.385. The van der Waals surface area contributed by atoms with Gasteiger partial charge in [0.15, 0.2) is 0 Å². The largest absolute Gasteiger partial charge is 0.384 e. The lowest BCUT2D eigenvalue weighted by atomic mass is 10.2. The predicted octanol–water partition coefficient (Wildman–Crippen LogP) is 2.03. The number of nitrogens with two attached hydrogens (primary N) is 1. The number of carbonyl (C=O) groups excluding carboxylic acids is 1. The van der Waals surface area contributed by atoms with Gasteiger partial charge in [0, 0.05) is 17.3 Å². The van der Waals surface area contributed by atoms with Crippen LogP contribution in [0.5, 0.6) is 0 Å². The van der Waals surface area contributed by atoms with Crippen LogP contribution in [-0.4, -0.2) is 17.9 Å². The monoisotopic (exact) mass is 246 g/mol. The molecule has 0 aromatic heterocycles. The van der Waals surface area contributed by atoms with Crippen molar-refractivity contribution < 1.29 is 4.79 Å². The van der Waals surface area contributed by atoms with Crippen molar-refractivity contribution in [2.24, 2.45) is 5.73 Å². The standard InChI is InChI=1S/C13H18N4O/c14-12(15)9-5-7-11(8-6-9)17-13(18)16-10-3-1-2-4-10/h5-8,10H,1-4H2,(H3,14,15)(H2,16,17,18). The van der Waals surface area contributed by atoms with Gasteiger partial charge in [-0.05, 0) is 37.1 Å². The number of hydrogen-bond acceptors (Lipinski definition) is 2. The van der Waals surface area contributed by atoms with Crippen LogP contribution >= 0.6 is 0 Å². The molecule has 0 unspecified atom stereocenters. The van der Waals surface area contributed by atoms with Crippen LogP contribution in [0.2, 0.25) is 0 Å². The maximum absolute atomic E-state index is 11.7. The van der Waals surface area contributed by atoms with Gasteiger partial charge < -0.3 is 16.4 Å². The van der Waals surface area contributed by atoms with Gasteiger partial charge in [-0.1, -0.05) is 12.8 Å². The third kappa shape index (κ3) is 3.23. The van der Waals surface area contributed by atoms with Crippen molar-refractivity contribution in [3.05, 3.63) is 29.8 Å². The number of rotatable bonds is 3. The van der Waals surface area contributed by atoms with Gasteiger partial charge in [0.25, 0.3) is 0 Å². The van der Waals surface area contributed by atoms with Crippen LogP contribution in [-0.2, 0) is 0 Å². The van der Waals surface area contributed by atoms with Gasteiger partial charge in [0.1, 0.15) is 5.84 Å². The predicted molar refractivity (Wildman–Crippen MR) is 71.9 cm³/mol. The topological polar surface area (TPSA) is 91.0 Å². The van der Waals surface area contributed by atoms with Crippen LogP contribution in [0.15, 0.2) is 24.3 Å². The van der Waals surface area contributed by atoms with E-state index >= 15 is 0 Å². The van der Waals surface area contributed by atoms with Crippen molar-refractivity contribution in [2.75, 3.05) is 5.32 Å². The number of anilines is 1. The van der Waals surface area contributed by atoms with Crippen molar-refractivity contribution in [2.45, 2.75) is 31.7 Å². The first kappa shape index (κ1) is 12.4. The van der Waals surface area contributed by atoms with Gasteiger partial charge in [-0.25, -0.2) is 4.79 Å². The number of benzene rings is 1. The minimum atomic E-state index is -0.169. The first-order valence-electron chi connectivity index (χ1n) is 6.17. The zero-order valence-electron chi connectivity index (χ0n) is 10.2. The molecule has 5 heteroatoms. The molecule has 0 aliphatic heterocycles. The quantitative estimate of drug-likeness (QED) is 0.485. The Morgan fingerprint density at radius 1 is 1.22 bits per heavy atom. The molecule has 0 spiro atoms. The highest BCUT2D eigenvalue weighted by Gasteiger charge is 2.16. The second-order valence-corrected chi connectivity index (χ2v) is 4.57. The fourth-order valence-electron chi connectivity index (χ4n) is 2.16. The van der Waals surface area contributed by atoms with Crippen LogP contribution in [0, 0.1) is 5.41 Å². The molecular formula is C13H18N4O. The van der Waals surface area contributed by atoms with E-state index in [9.17, 15) is 4.79 Å². The Bertz CT molecular complexity index is 435. The molecule has 1 fully saturated rings. The number of amidine groups is 1. The molecule has 1 saturated carbocycles. The summed E-state index contributed by atoms with van der Waals surface area (Å²) in [6.45, 7) is 0. The highest BCUT2D eigenvalue weighted by atomic mass is 16.2. The second kappa shape index (κ2) is 5.53. The van der Waals surface area contributed by atoms with E-state index in [1.165, 1.54) is 12.8 Å². The van der Waals surface area contributed by atoms with Gasteiger partial charge in [-0.15, -0.1) is 0 Å². The number of nitrogens with one attached hydrogen (secondary N) is 3. The molecule has 18 heavy (non-hydrogen) atoms. The van der Waals surface area contributed by atoms with E-state index in [0.717, 1.165) is 12.8 Å². The highest BCUT2D eigenvalue weighted by molar-refractivity contribution is 5.96. The first-order valence-corrected chi connectivity index (χ1v) is 6.17. The highest BCUT2D eigenvalue weighted by Crippen LogP contribution is 2.17. The smallest absolute Gasteiger partial charge is 0.319 e. The number of carbonyl (C=O) groups is 1. The Hall–Kier alpha value is -2.04. The Morgan fingerprint density at radius 2 is 1.83 bits per heavy atom. The van der Waals surface area contributed by atoms with Crippen LogP contribution < -0.4 is 16.4 Å². The first-order chi connectivity index (χ1) is 8.65. The van der Waals surface area contributed by atoms with Crippen molar-refractivity contribution in [3.63, 3.8) is 0 Å². The SMILES string of the molecule is N=C(N)c1ccc(NC(=O)NC2CCCC2)cc1. The van der Waals surface area contributed by atoms with Crippen LogP contribution in [0.25, 0.3) is 0 Å². The summed E-state index contributed by atoms with van der Waals surface area (Å²) in [7, 11) is 0. The molecule has 5 N–H and O–H groups in total. The van der Waals surface area contributed by atoms with E-state index in [1.807, 2.05) is 0 Å². The third-order valence-corrected chi connectivity index (χ3v) is 3.14. The molecule has 1 aliphatic rings. The average Bonchev–Trinajstić information content (AvgIpc) is 2.82. The molecule has 2 amide bonds. The van der Waals surface area contributed by atoms with Crippen molar-refractivity contribution in [1.82, 2.24) is 5.32 Å². The molecule has 0 saturated heterocycles. The molecule has 1 aromatic rings.